The molecule has 0 bridgehead atoms. The minimum absolute atomic E-state index is 1.92. The summed E-state index contributed by atoms with van der Waals surface area (Å²) in [5.74, 6) is -7.68. The lowest BCUT2D eigenvalue weighted by atomic mass is 10.7. The van der Waals surface area contributed by atoms with E-state index in [1.165, 1.54) is 0 Å². The van der Waals surface area contributed by atoms with E-state index >= 15 is 0 Å². The van der Waals surface area contributed by atoms with E-state index in [1.807, 2.05) is 0 Å². The van der Waals surface area contributed by atoms with Gasteiger partial charge in [-0.3, -0.25) is 0 Å². The summed E-state index contributed by atoms with van der Waals surface area (Å²) in [6, 6.07) is 0. The molecule has 0 saturated carbocycles. The van der Waals surface area contributed by atoms with Gasteiger partial charge in [-0.15, -0.1) is 0 Å². The zero-order valence-electron chi connectivity index (χ0n) is 3.01. The Labute approximate surface area is 36.4 Å². The first kappa shape index (κ1) is 4.61. The number of alkyl halides is 2. The molecule has 1 rings (SSSR count). The Morgan fingerprint density at radius 3 is 1.14 bits per heavy atom. The van der Waals surface area contributed by atoms with Crippen LogP contribution in [0.5, 0.6) is 0 Å². The van der Waals surface area contributed by atoms with Crippen LogP contribution in [-0.2, 0) is 0 Å². The van der Waals surface area contributed by atoms with Crippen LogP contribution >= 0.6 is 0 Å². The van der Waals surface area contributed by atoms with E-state index in [2.05, 4.69) is 0 Å². The minimum Gasteiger partial charge on any atom is -0.201 e. The first-order valence-electron chi connectivity index (χ1n) is 1.51. The van der Waals surface area contributed by atoms with Crippen molar-refractivity contribution >= 4 is 0 Å². The monoisotopic (exact) mass is 112 g/mol. The largest absolute Gasteiger partial charge is 0.355 e. The van der Waals surface area contributed by atoms with Crippen molar-refractivity contribution in [2.75, 3.05) is 0 Å². The van der Waals surface area contributed by atoms with Crippen molar-refractivity contribution in [3.05, 3.63) is 11.7 Å². The minimum atomic E-state index is -3.83. The second kappa shape index (κ2) is 0.827. The van der Waals surface area contributed by atoms with Gasteiger partial charge in [0, 0.05) is 0 Å². The molecule has 0 saturated heterocycles. The standard InChI is InChI=1S/C3F4/c4-1-2(5)3(1,6)7. The van der Waals surface area contributed by atoms with Gasteiger partial charge in [0.15, 0.2) is 0 Å². The van der Waals surface area contributed by atoms with E-state index in [-0.39, 0.29) is 0 Å². The molecule has 0 aromatic carbocycles. The molecule has 0 nitrogen and oxygen atoms in total. The zero-order valence-corrected chi connectivity index (χ0v) is 3.01. The van der Waals surface area contributed by atoms with Crippen molar-refractivity contribution in [2.45, 2.75) is 5.92 Å². The molecule has 1 aliphatic rings. The van der Waals surface area contributed by atoms with E-state index in [1.54, 1.807) is 0 Å². The summed E-state index contributed by atoms with van der Waals surface area (Å²) in [7, 11) is 0. The van der Waals surface area contributed by atoms with Crippen LogP contribution in [0.4, 0.5) is 17.6 Å². The Kier molecular flexibility index (Phi) is 0.545. The topological polar surface area (TPSA) is 0 Å². The zero-order chi connectivity index (χ0) is 5.65. The SMILES string of the molecule is FC1=C(F)C1(F)F. The van der Waals surface area contributed by atoms with Crippen LogP contribution in [0, 0.1) is 0 Å². The van der Waals surface area contributed by atoms with E-state index in [9.17, 15) is 17.6 Å². The fourth-order valence-electron chi connectivity index (χ4n) is 0.184. The highest BCUT2D eigenvalue weighted by atomic mass is 19.3. The lowest BCUT2D eigenvalue weighted by Gasteiger charge is -1.82. The summed E-state index contributed by atoms with van der Waals surface area (Å²) in [6.07, 6.45) is 0. The van der Waals surface area contributed by atoms with E-state index < -0.39 is 17.6 Å². The van der Waals surface area contributed by atoms with Crippen molar-refractivity contribution in [2.24, 2.45) is 0 Å². The maximum atomic E-state index is 11.1. The summed E-state index contributed by atoms with van der Waals surface area (Å²) in [6.45, 7) is 0. The summed E-state index contributed by atoms with van der Waals surface area (Å²) in [5, 5.41) is 0. The van der Waals surface area contributed by atoms with E-state index in [4.69, 9.17) is 0 Å². The van der Waals surface area contributed by atoms with Gasteiger partial charge in [0.25, 0.3) is 0 Å². The molecule has 0 atom stereocenters. The lowest BCUT2D eigenvalue weighted by Crippen LogP contribution is -1.91. The van der Waals surface area contributed by atoms with Gasteiger partial charge in [-0.1, -0.05) is 0 Å². The number of allylic oxidation sites excluding steroid dienone is 2. The fourth-order valence-corrected chi connectivity index (χ4v) is 0.184. The maximum absolute atomic E-state index is 11.1. The highest BCUT2D eigenvalue weighted by molar-refractivity contribution is 5.38. The highest BCUT2D eigenvalue weighted by Crippen LogP contribution is 2.50. The molecular formula is C3F4. The van der Waals surface area contributed by atoms with Gasteiger partial charge in [0.1, 0.15) is 0 Å². The Morgan fingerprint density at radius 2 is 1.14 bits per heavy atom. The average Bonchev–Trinajstić information content (AvgIpc) is 1.91. The number of hydrogen-bond donors (Lipinski definition) is 0. The van der Waals surface area contributed by atoms with Gasteiger partial charge in [-0.05, 0) is 0 Å². The second-order valence-corrected chi connectivity index (χ2v) is 1.20. The van der Waals surface area contributed by atoms with Gasteiger partial charge >= 0.3 is 5.92 Å². The molecule has 1 aliphatic carbocycles. The molecule has 7 heavy (non-hydrogen) atoms. The maximum Gasteiger partial charge on any atom is 0.355 e. The summed E-state index contributed by atoms with van der Waals surface area (Å²) in [4.78, 5) is 0. The summed E-state index contributed by atoms with van der Waals surface area (Å²) < 4.78 is 44.3. The van der Waals surface area contributed by atoms with Gasteiger partial charge in [0.05, 0.1) is 0 Å². The van der Waals surface area contributed by atoms with Crippen LogP contribution in [-0.4, -0.2) is 5.92 Å². The van der Waals surface area contributed by atoms with Crippen molar-refractivity contribution in [1.82, 2.24) is 0 Å². The number of hydrogen-bond acceptors (Lipinski definition) is 0. The third kappa shape index (κ3) is 0.361. The van der Waals surface area contributed by atoms with E-state index in [0.717, 1.165) is 0 Å². The van der Waals surface area contributed by atoms with Gasteiger partial charge in [-0.2, -0.15) is 8.78 Å². The molecule has 0 aromatic rings. The molecule has 0 aliphatic heterocycles. The molecule has 4 heteroatoms. The third-order valence-electron chi connectivity index (χ3n) is 0.682. The second-order valence-electron chi connectivity index (χ2n) is 1.20. The quantitative estimate of drug-likeness (QED) is 0.419. The van der Waals surface area contributed by atoms with Gasteiger partial charge in [-0.25, -0.2) is 8.78 Å². The first-order valence-corrected chi connectivity index (χ1v) is 1.51. The molecule has 40 valence electrons. The van der Waals surface area contributed by atoms with Crippen LogP contribution in [0.3, 0.4) is 0 Å². The van der Waals surface area contributed by atoms with Gasteiger partial charge in [0.2, 0.25) is 11.7 Å². The Morgan fingerprint density at radius 1 is 1.00 bits per heavy atom. The number of halogens is 4. The van der Waals surface area contributed by atoms with Crippen LogP contribution in [0.25, 0.3) is 0 Å². The molecule has 0 fully saturated rings. The van der Waals surface area contributed by atoms with Crippen molar-refractivity contribution in [3.8, 4) is 0 Å². The van der Waals surface area contributed by atoms with Crippen LogP contribution < -0.4 is 0 Å². The first-order chi connectivity index (χ1) is 3.07. The Balaban J connectivity index is 2.69. The Hall–Kier alpha value is -0.540. The summed E-state index contributed by atoms with van der Waals surface area (Å²) in [5.41, 5.74) is 0. The molecule has 0 radical (unpaired) electrons. The summed E-state index contributed by atoms with van der Waals surface area (Å²) >= 11 is 0. The van der Waals surface area contributed by atoms with Crippen molar-refractivity contribution in [1.29, 1.82) is 0 Å². The molecular weight excluding hydrogens is 112 g/mol. The molecule has 0 spiro atoms. The third-order valence-corrected chi connectivity index (χ3v) is 0.682. The van der Waals surface area contributed by atoms with Crippen molar-refractivity contribution < 1.29 is 17.6 Å². The smallest absolute Gasteiger partial charge is 0.201 e. The Bertz CT molecular complexity index is 120. The van der Waals surface area contributed by atoms with Crippen molar-refractivity contribution in [3.63, 3.8) is 0 Å². The molecule has 0 N–H and O–H groups in total. The molecule has 0 heterocycles. The van der Waals surface area contributed by atoms with Gasteiger partial charge < -0.3 is 0 Å². The molecule has 0 amide bonds. The normalized spacial score (nSPS) is 25.7. The van der Waals surface area contributed by atoms with Crippen LogP contribution in [0.1, 0.15) is 0 Å². The molecule has 0 unspecified atom stereocenters. The van der Waals surface area contributed by atoms with Crippen LogP contribution in [0.2, 0.25) is 0 Å². The highest BCUT2D eigenvalue weighted by Gasteiger charge is 2.60. The molecule has 0 aromatic heterocycles. The lowest BCUT2D eigenvalue weighted by molar-refractivity contribution is 0.103. The average molecular weight is 112 g/mol. The van der Waals surface area contributed by atoms with Crippen LogP contribution in [0.15, 0.2) is 11.7 Å². The number of rotatable bonds is 0. The predicted octanol–water partition coefficient (Wildman–Crippen LogP) is 1.79. The fraction of sp³-hybridized carbons (Fsp3) is 0.333. The van der Waals surface area contributed by atoms with E-state index in [0.29, 0.717) is 0 Å². The predicted molar refractivity (Wildman–Crippen MR) is 14.2 cm³/mol.